The van der Waals surface area contributed by atoms with Gasteiger partial charge in [-0.15, -0.1) is 0 Å². The van der Waals surface area contributed by atoms with Crippen molar-refractivity contribution >= 4 is 11.9 Å². The van der Waals surface area contributed by atoms with Gasteiger partial charge in [0.25, 0.3) is 0 Å². The molecule has 4 heteroatoms. The van der Waals surface area contributed by atoms with Crippen LogP contribution < -0.4 is 0 Å². The van der Waals surface area contributed by atoms with Crippen molar-refractivity contribution in [1.82, 2.24) is 0 Å². The summed E-state index contributed by atoms with van der Waals surface area (Å²) in [7, 11) is 0. The first-order valence-corrected chi connectivity index (χ1v) is 12.2. The van der Waals surface area contributed by atoms with Crippen molar-refractivity contribution in [2.75, 3.05) is 6.61 Å². The van der Waals surface area contributed by atoms with Crippen LogP contribution in [0.3, 0.4) is 0 Å². The number of carboxylic acid groups (broad SMARTS) is 1. The molecule has 0 bridgehead atoms. The van der Waals surface area contributed by atoms with Gasteiger partial charge in [-0.1, -0.05) is 109 Å². The number of aliphatic carboxylic acids is 1. The molecule has 1 atom stereocenters. The zero-order valence-corrected chi connectivity index (χ0v) is 19.1. The molecular formula is C25H46O4. The zero-order valence-electron chi connectivity index (χ0n) is 19.1. The highest BCUT2D eigenvalue weighted by molar-refractivity contribution is 5.80. The molecule has 0 amide bonds. The molecule has 0 aliphatic rings. The van der Waals surface area contributed by atoms with Gasteiger partial charge in [0.15, 0.2) is 0 Å². The van der Waals surface area contributed by atoms with E-state index in [-0.39, 0.29) is 6.42 Å². The van der Waals surface area contributed by atoms with Crippen molar-refractivity contribution in [3.05, 3.63) is 12.2 Å². The van der Waals surface area contributed by atoms with E-state index in [1.807, 2.05) is 13.0 Å². The summed E-state index contributed by atoms with van der Waals surface area (Å²) in [6.07, 6.45) is 23.8. The fourth-order valence-corrected chi connectivity index (χ4v) is 3.44. The predicted octanol–water partition coefficient (Wildman–Crippen LogP) is 7.46. The highest BCUT2D eigenvalue weighted by Crippen LogP contribution is 2.14. The number of carboxylic acids is 1. The summed E-state index contributed by atoms with van der Waals surface area (Å²) in [5.41, 5.74) is 0. The highest BCUT2D eigenvalue weighted by Gasteiger charge is 2.19. The topological polar surface area (TPSA) is 63.6 Å². The molecule has 0 saturated heterocycles. The summed E-state index contributed by atoms with van der Waals surface area (Å²) in [5, 5.41) is 8.95. The molecule has 0 radical (unpaired) electrons. The molecule has 0 spiro atoms. The summed E-state index contributed by atoms with van der Waals surface area (Å²) in [6, 6.07) is 0. The Labute approximate surface area is 179 Å². The van der Waals surface area contributed by atoms with Crippen LogP contribution in [0.5, 0.6) is 0 Å². The second-order valence-corrected chi connectivity index (χ2v) is 8.18. The van der Waals surface area contributed by atoms with Gasteiger partial charge in [-0.25, -0.2) is 0 Å². The zero-order chi connectivity index (χ0) is 21.6. The van der Waals surface area contributed by atoms with Gasteiger partial charge in [0, 0.05) is 0 Å². The van der Waals surface area contributed by atoms with E-state index in [4.69, 9.17) is 9.84 Å². The number of carbonyl (C=O) groups is 2. The van der Waals surface area contributed by atoms with Gasteiger partial charge in [-0.2, -0.15) is 0 Å². The standard InChI is InChI=1S/C25H46O4/c1-3-5-6-7-8-9-10-11-12-13-14-15-16-17-18-19-20-23(22-24(26)27)25(28)29-21-4-2/h19-20,23H,3-18,21-22H2,1-2H3,(H,26,27)/b20-19+. The van der Waals surface area contributed by atoms with Gasteiger partial charge in [0.1, 0.15) is 0 Å². The lowest BCUT2D eigenvalue weighted by Crippen LogP contribution is -2.19. The molecule has 0 aromatic rings. The molecular weight excluding hydrogens is 364 g/mol. The van der Waals surface area contributed by atoms with Gasteiger partial charge in [-0.05, 0) is 19.3 Å². The predicted molar refractivity (Wildman–Crippen MR) is 121 cm³/mol. The van der Waals surface area contributed by atoms with Crippen molar-refractivity contribution < 1.29 is 19.4 Å². The summed E-state index contributed by atoms with van der Waals surface area (Å²) in [6.45, 7) is 4.54. The molecule has 29 heavy (non-hydrogen) atoms. The third-order valence-electron chi connectivity index (χ3n) is 5.24. The number of ether oxygens (including phenoxy) is 1. The minimum Gasteiger partial charge on any atom is -0.481 e. The molecule has 0 aromatic carbocycles. The van der Waals surface area contributed by atoms with E-state index in [1.54, 1.807) is 6.08 Å². The third-order valence-corrected chi connectivity index (χ3v) is 5.24. The molecule has 0 rings (SSSR count). The summed E-state index contributed by atoms with van der Waals surface area (Å²) >= 11 is 0. The van der Waals surface area contributed by atoms with Crippen LogP contribution in [0.1, 0.15) is 123 Å². The van der Waals surface area contributed by atoms with Crippen LogP contribution in [-0.4, -0.2) is 23.7 Å². The first kappa shape index (κ1) is 27.7. The van der Waals surface area contributed by atoms with E-state index in [1.165, 1.54) is 83.5 Å². The molecule has 0 aliphatic carbocycles. The lowest BCUT2D eigenvalue weighted by atomic mass is 10.0. The van der Waals surface area contributed by atoms with Crippen LogP contribution in [0.4, 0.5) is 0 Å². The van der Waals surface area contributed by atoms with Gasteiger partial charge in [0.2, 0.25) is 0 Å². The van der Waals surface area contributed by atoms with Crippen molar-refractivity contribution in [3.63, 3.8) is 0 Å². The smallest absolute Gasteiger partial charge is 0.313 e. The first-order valence-electron chi connectivity index (χ1n) is 12.2. The lowest BCUT2D eigenvalue weighted by Gasteiger charge is -2.09. The van der Waals surface area contributed by atoms with E-state index in [0.717, 1.165) is 19.3 Å². The monoisotopic (exact) mass is 410 g/mol. The molecule has 0 fully saturated rings. The maximum Gasteiger partial charge on any atom is 0.313 e. The van der Waals surface area contributed by atoms with Crippen molar-refractivity contribution in [1.29, 1.82) is 0 Å². The molecule has 0 saturated carbocycles. The van der Waals surface area contributed by atoms with E-state index in [9.17, 15) is 9.59 Å². The number of unbranched alkanes of at least 4 members (excludes halogenated alkanes) is 14. The second-order valence-electron chi connectivity index (χ2n) is 8.18. The molecule has 4 nitrogen and oxygen atoms in total. The van der Waals surface area contributed by atoms with Crippen LogP contribution in [0.2, 0.25) is 0 Å². The lowest BCUT2D eigenvalue weighted by molar-refractivity contribution is -0.151. The van der Waals surface area contributed by atoms with Gasteiger partial charge >= 0.3 is 11.9 Å². The molecule has 1 unspecified atom stereocenters. The number of rotatable bonds is 21. The van der Waals surface area contributed by atoms with Crippen molar-refractivity contribution in [2.24, 2.45) is 5.92 Å². The minimum absolute atomic E-state index is 0.197. The van der Waals surface area contributed by atoms with Crippen molar-refractivity contribution in [3.8, 4) is 0 Å². The van der Waals surface area contributed by atoms with E-state index < -0.39 is 17.9 Å². The van der Waals surface area contributed by atoms with Crippen LogP contribution >= 0.6 is 0 Å². The molecule has 170 valence electrons. The average Bonchev–Trinajstić information content (AvgIpc) is 2.70. The molecule has 0 aromatic heterocycles. The fraction of sp³-hybridized carbons (Fsp3) is 0.840. The number of hydrogen-bond donors (Lipinski definition) is 1. The average molecular weight is 411 g/mol. The number of hydrogen-bond acceptors (Lipinski definition) is 3. The third kappa shape index (κ3) is 19.8. The number of esters is 1. The number of allylic oxidation sites excluding steroid dienone is 1. The maximum atomic E-state index is 11.9. The van der Waals surface area contributed by atoms with Gasteiger partial charge in [0.05, 0.1) is 18.9 Å². The van der Waals surface area contributed by atoms with Crippen LogP contribution in [-0.2, 0) is 14.3 Å². The molecule has 0 heterocycles. The Balaban J connectivity index is 3.59. The highest BCUT2D eigenvalue weighted by atomic mass is 16.5. The summed E-state index contributed by atoms with van der Waals surface area (Å²) < 4.78 is 5.08. The Morgan fingerprint density at radius 1 is 0.759 bits per heavy atom. The Morgan fingerprint density at radius 2 is 1.24 bits per heavy atom. The normalized spacial score (nSPS) is 12.3. The Kier molecular flexibility index (Phi) is 20.4. The Hall–Kier alpha value is -1.32. The summed E-state index contributed by atoms with van der Waals surface area (Å²) in [4.78, 5) is 22.8. The summed E-state index contributed by atoms with van der Waals surface area (Å²) in [5.74, 6) is -2.05. The maximum absolute atomic E-state index is 11.9. The first-order chi connectivity index (χ1) is 14.1. The number of carbonyl (C=O) groups excluding carboxylic acids is 1. The molecule has 1 N–H and O–H groups in total. The largest absolute Gasteiger partial charge is 0.481 e. The SMILES string of the molecule is CCCCCCCCCCCCCCCC/C=C/C(CC(=O)O)C(=O)OCCC. The van der Waals surface area contributed by atoms with Crippen molar-refractivity contribution in [2.45, 2.75) is 123 Å². The molecule has 0 aliphatic heterocycles. The van der Waals surface area contributed by atoms with Crippen LogP contribution in [0.25, 0.3) is 0 Å². The van der Waals surface area contributed by atoms with E-state index >= 15 is 0 Å². The van der Waals surface area contributed by atoms with Gasteiger partial charge in [-0.3, -0.25) is 9.59 Å². The fourth-order valence-electron chi connectivity index (χ4n) is 3.44. The van der Waals surface area contributed by atoms with E-state index in [2.05, 4.69) is 6.92 Å². The van der Waals surface area contributed by atoms with Gasteiger partial charge < -0.3 is 9.84 Å². The van der Waals surface area contributed by atoms with E-state index in [0.29, 0.717) is 6.61 Å². The second kappa shape index (κ2) is 21.4. The Bertz CT molecular complexity index is 417. The Morgan fingerprint density at radius 3 is 1.69 bits per heavy atom. The van der Waals surface area contributed by atoms with Crippen LogP contribution in [0, 0.1) is 5.92 Å². The quantitative estimate of drug-likeness (QED) is 0.121. The minimum atomic E-state index is -0.968. The van der Waals surface area contributed by atoms with Crippen LogP contribution in [0.15, 0.2) is 12.2 Å².